The molecule has 28 heavy (non-hydrogen) atoms. The minimum atomic E-state index is -3.11. The summed E-state index contributed by atoms with van der Waals surface area (Å²) in [6, 6.07) is 4.07. The standard InChI is InChI=1S/C18H14F2N2O5S/c1-8-13(16(23)25-2)14(15-11(22-8)6-26-17(15)24)10-5-9(21-7-28)3-4-12(10)27-18(19)20/h3-5,14,18,22H,6H2,1-2H3. The van der Waals surface area contributed by atoms with Gasteiger partial charge in [0.2, 0.25) is 0 Å². The molecule has 1 atom stereocenters. The van der Waals surface area contributed by atoms with Gasteiger partial charge in [0, 0.05) is 11.3 Å². The number of ether oxygens (including phenoxy) is 3. The van der Waals surface area contributed by atoms with E-state index < -0.39 is 24.5 Å². The number of alkyl halides is 2. The van der Waals surface area contributed by atoms with Crippen LogP contribution < -0.4 is 10.1 Å². The highest BCUT2D eigenvalue weighted by atomic mass is 32.1. The molecule has 0 aromatic heterocycles. The molecule has 1 N–H and O–H groups in total. The van der Waals surface area contributed by atoms with Crippen molar-refractivity contribution in [2.45, 2.75) is 19.5 Å². The van der Waals surface area contributed by atoms with E-state index in [9.17, 15) is 18.4 Å². The van der Waals surface area contributed by atoms with Crippen molar-refractivity contribution >= 4 is 35.0 Å². The van der Waals surface area contributed by atoms with E-state index in [1.165, 1.54) is 25.3 Å². The fourth-order valence-electron chi connectivity index (χ4n) is 3.25. The van der Waals surface area contributed by atoms with Crippen molar-refractivity contribution < 1.29 is 32.6 Å². The highest BCUT2D eigenvalue weighted by molar-refractivity contribution is 7.78. The molecule has 1 unspecified atom stereocenters. The number of carbonyl (C=O) groups is 2. The van der Waals surface area contributed by atoms with Gasteiger partial charge in [0.1, 0.15) is 12.4 Å². The Morgan fingerprint density at radius 1 is 1.46 bits per heavy atom. The van der Waals surface area contributed by atoms with Crippen LogP contribution in [0.2, 0.25) is 0 Å². The highest BCUT2D eigenvalue weighted by Gasteiger charge is 2.43. The van der Waals surface area contributed by atoms with Crippen molar-refractivity contribution in [2.24, 2.45) is 4.99 Å². The molecule has 7 nitrogen and oxygen atoms in total. The van der Waals surface area contributed by atoms with Gasteiger partial charge in [0.25, 0.3) is 0 Å². The van der Waals surface area contributed by atoms with Gasteiger partial charge in [-0.05, 0) is 37.3 Å². The molecule has 0 spiro atoms. The number of allylic oxidation sites excluding steroid dienone is 1. The third-order valence-corrected chi connectivity index (χ3v) is 4.40. The molecule has 1 aromatic carbocycles. The second kappa shape index (κ2) is 7.87. The predicted molar refractivity (Wildman–Crippen MR) is 96.3 cm³/mol. The number of cyclic esters (lactones) is 1. The molecule has 0 radical (unpaired) electrons. The van der Waals surface area contributed by atoms with Gasteiger partial charge >= 0.3 is 18.6 Å². The van der Waals surface area contributed by atoms with Crippen LogP contribution >= 0.6 is 12.2 Å². The van der Waals surface area contributed by atoms with Crippen LogP contribution in [-0.4, -0.2) is 37.4 Å². The summed E-state index contributed by atoms with van der Waals surface area (Å²) < 4.78 is 40.5. The van der Waals surface area contributed by atoms with Gasteiger partial charge in [-0.25, -0.2) is 9.59 Å². The number of nitrogens with one attached hydrogen (secondary N) is 1. The molecule has 1 aromatic rings. The van der Waals surface area contributed by atoms with Crippen molar-refractivity contribution in [3.05, 3.63) is 46.3 Å². The van der Waals surface area contributed by atoms with E-state index >= 15 is 0 Å². The Morgan fingerprint density at radius 3 is 2.86 bits per heavy atom. The van der Waals surface area contributed by atoms with E-state index in [2.05, 4.69) is 32.4 Å². The molecule has 2 aliphatic heterocycles. The Morgan fingerprint density at radius 2 is 2.21 bits per heavy atom. The van der Waals surface area contributed by atoms with E-state index in [1.807, 2.05) is 0 Å². The van der Waals surface area contributed by atoms with Gasteiger partial charge in [-0.3, -0.25) is 0 Å². The number of benzene rings is 1. The SMILES string of the molecule is COC(=O)C1=C(C)NC2=C(C(=O)OC2)C1c1cc(N=C=S)ccc1OC(F)F. The molecule has 10 heteroatoms. The van der Waals surface area contributed by atoms with Crippen molar-refractivity contribution in [1.29, 1.82) is 0 Å². The Labute approximate surface area is 163 Å². The lowest BCUT2D eigenvalue weighted by atomic mass is 9.80. The molecule has 0 saturated heterocycles. The molecule has 2 aliphatic rings. The van der Waals surface area contributed by atoms with Crippen LogP contribution in [0.1, 0.15) is 18.4 Å². The number of dihydropyridines is 1. The third-order valence-electron chi connectivity index (χ3n) is 4.31. The summed E-state index contributed by atoms with van der Waals surface area (Å²) in [5.74, 6) is -2.67. The Balaban J connectivity index is 2.27. The van der Waals surface area contributed by atoms with E-state index in [4.69, 9.17) is 9.47 Å². The van der Waals surface area contributed by atoms with E-state index in [1.54, 1.807) is 6.92 Å². The first-order valence-electron chi connectivity index (χ1n) is 8.00. The average Bonchev–Trinajstić information content (AvgIpc) is 3.01. The van der Waals surface area contributed by atoms with Crippen LogP contribution in [0, 0.1) is 0 Å². The average molecular weight is 408 g/mol. The van der Waals surface area contributed by atoms with Crippen molar-refractivity contribution in [3.8, 4) is 5.75 Å². The first-order valence-corrected chi connectivity index (χ1v) is 8.41. The minimum Gasteiger partial charge on any atom is -0.466 e. The smallest absolute Gasteiger partial charge is 0.387 e. The first kappa shape index (κ1) is 19.7. The number of isothiocyanates is 1. The topological polar surface area (TPSA) is 86.2 Å². The van der Waals surface area contributed by atoms with Gasteiger partial charge in [-0.2, -0.15) is 13.8 Å². The number of carbonyl (C=O) groups excluding carboxylic acids is 2. The predicted octanol–water partition coefficient (Wildman–Crippen LogP) is 2.97. The molecule has 146 valence electrons. The number of hydrogen-bond acceptors (Lipinski definition) is 8. The zero-order valence-electron chi connectivity index (χ0n) is 14.7. The van der Waals surface area contributed by atoms with Gasteiger partial charge in [-0.1, -0.05) is 0 Å². The summed E-state index contributed by atoms with van der Waals surface area (Å²) in [5, 5.41) is 5.13. The summed E-state index contributed by atoms with van der Waals surface area (Å²) >= 11 is 4.59. The monoisotopic (exact) mass is 408 g/mol. The number of nitrogens with zero attached hydrogens (tertiary/aromatic N) is 1. The largest absolute Gasteiger partial charge is 0.466 e. The van der Waals surface area contributed by atoms with Gasteiger partial charge in [0.05, 0.1) is 40.7 Å². The van der Waals surface area contributed by atoms with Crippen LogP contribution in [0.15, 0.2) is 45.7 Å². The summed E-state index contributed by atoms with van der Waals surface area (Å²) in [6.45, 7) is -1.53. The number of halogens is 2. The molecule has 0 saturated carbocycles. The molecule has 0 aliphatic carbocycles. The number of methoxy groups -OCH3 is 1. The highest BCUT2D eigenvalue weighted by Crippen LogP contribution is 2.45. The Kier molecular flexibility index (Phi) is 5.53. The normalized spacial score (nSPS) is 18.3. The van der Waals surface area contributed by atoms with Gasteiger partial charge < -0.3 is 19.5 Å². The number of thiocarbonyl (C=S) groups is 1. The second-order valence-electron chi connectivity index (χ2n) is 5.86. The van der Waals surface area contributed by atoms with E-state index in [0.29, 0.717) is 17.1 Å². The van der Waals surface area contributed by atoms with Crippen LogP contribution in [-0.2, 0) is 19.1 Å². The molecule has 0 fully saturated rings. The van der Waals surface area contributed by atoms with Crippen molar-refractivity contribution in [3.63, 3.8) is 0 Å². The van der Waals surface area contributed by atoms with E-state index in [-0.39, 0.29) is 29.1 Å². The third kappa shape index (κ3) is 3.51. The second-order valence-corrected chi connectivity index (χ2v) is 6.04. The summed E-state index contributed by atoms with van der Waals surface area (Å²) in [5.41, 5.74) is 1.45. The number of aliphatic imine (C=N–C) groups is 1. The maximum Gasteiger partial charge on any atom is 0.387 e. The summed E-state index contributed by atoms with van der Waals surface area (Å²) in [4.78, 5) is 28.7. The fourth-order valence-corrected chi connectivity index (χ4v) is 3.35. The number of hydrogen-bond donors (Lipinski definition) is 1. The van der Waals surface area contributed by atoms with E-state index in [0.717, 1.165) is 0 Å². The zero-order chi connectivity index (χ0) is 20.4. The maximum absolute atomic E-state index is 13.0. The molecule has 0 amide bonds. The lowest BCUT2D eigenvalue weighted by molar-refractivity contribution is -0.136. The number of esters is 2. The minimum absolute atomic E-state index is 0.0285. The summed E-state index contributed by atoms with van der Waals surface area (Å²) in [6.07, 6.45) is 0. The molecule has 3 rings (SSSR count). The Hall–Kier alpha value is -3.10. The van der Waals surface area contributed by atoms with Crippen molar-refractivity contribution in [1.82, 2.24) is 5.32 Å². The maximum atomic E-state index is 13.0. The lowest BCUT2D eigenvalue weighted by Crippen LogP contribution is -2.30. The molecular formula is C18H14F2N2O5S. The quantitative estimate of drug-likeness (QED) is 0.455. The van der Waals surface area contributed by atoms with Crippen LogP contribution in [0.4, 0.5) is 14.5 Å². The Bertz CT molecular complexity index is 967. The molecule has 0 bridgehead atoms. The van der Waals surface area contributed by atoms with Crippen molar-refractivity contribution in [2.75, 3.05) is 13.7 Å². The molecular weight excluding hydrogens is 394 g/mol. The number of rotatable bonds is 5. The summed E-state index contributed by atoms with van der Waals surface area (Å²) in [7, 11) is 1.18. The fraction of sp³-hybridized carbons (Fsp3) is 0.278. The zero-order valence-corrected chi connectivity index (χ0v) is 15.6. The lowest BCUT2D eigenvalue weighted by Gasteiger charge is -2.28. The van der Waals surface area contributed by atoms with Crippen LogP contribution in [0.5, 0.6) is 5.75 Å². The van der Waals surface area contributed by atoms with Crippen LogP contribution in [0.25, 0.3) is 0 Å². The van der Waals surface area contributed by atoms with Crippen LogP contribution in [0.3, 0.4) is 0 Å². The first-order chi connectivity index (χ1) is 13.4. The van der Waals surface area contributed by atoms with Gasteiger partial charge in [0.15, 0.2) is 0 Å². The molecule has 2 heterocycles. The van der Waals surface area contributed by atoms with Gasteiger partial charge in [-0.15, -0.1) is 0 Å².